The SMILES string of the molecule is Nc1ccc(Cl)cc1C(=O)C=P(c1ccccc1)(c1ccccc1)c1ccccc1. The molecular weight excluding hydrogens is 409 g/mol. The van der Waals surface area contributed by atoms with Crippen LogP contribution in [0.5, 0.6) is 0 Å². The van der Waals surface area contributed by atoms with Gasteiger partial charge < -0.3 is 5.73 Å². The van der Waals surface area contributed by atoms with Gasteiger partial charge in [-0.3, -0.25) is 4.79 Å². The molecule has 0 aromatic heterocycles. The molecule has 148 valence electrons. The fraction of sp³-hybridized carbons (Fsp3) is 0. The smallest absolute Gasteiger partial charge is 0.189 e. The number of benzene rings is 4. The van der Waals surface area contributed by atoms with Crippen LogP contribution in [-0.2, 0) is 0 Å². The zero-order chi connectivity index (χ0) is 21.0. The maximum Gasteiger partial charge on any atom is 0.189 e. The van der Waals surface area contributed by atoms with Crippen LogP contribution in [0.1, 0.15) is 10.4 Å². The molecule has 0 unspecified atom stereocenters. The number of carbonyl (C=O) groups is 1. The van der Waals surface area contributed by atoms with Gasteiger partial charge in [0.15, 0.2) is 5.78 Å². The first-order valence-corrected chi connectivity index (χ1v) is 11.9. The number of carbonyl (C=O) groups excluding carboxylic acids is 1. The van der Waals surface area contributed by atoms with Crippen molar-refractivity contribution in [3.63, 3.8) is 0 Å². The molecule has 0 amide bonds. The molecule has 0 bridgehead atoms. The standard InChI is InChI=1S/C26H21ClNOP/c27-20-16-17-25(28)24(18-20)26(29)19-30(21-10-4-1-5-11-21,22-12-6-2-7-13-22)23-14-8-3-9-15-23/h1-19H,28H2. The van der Waals surface area contributed by atoms with E-state index < -0.39 is 6.89 Å². The van der Waals surface area contributed by atoms with Crippen LogP contribution >= 0.6 is 18.5 Å². The first kappa shape index (κ1) is 20.2. The molecule has 0 aliphatic carbocycles. The van der Waals surface area contributed by atoms with Gasteiger partial charge in [-0.25, -0.2) is 0 Å². The van der Waals surface area contributed by atoms with Gasteiger partial charge in [-0.1, -0.05) is 103 Å². The van der Waals surface area contributed by atoms with Crippen LogP contribution in [0, 0.1) is 0 Å². The third kappa shape index (κ3) is 3.85. The minimum Gasteiger partial charge on any atom is -0.398 e. The number of anilines is 1. The van der Waals surface area contributed by atoms with E-state index in [4.69, 9.17) is 17.3 Å². The Balaban J connectivity index is 2.08. The van der Waals surface area contributed by atoms with E-state index >= 15 is 0 Å². The van der Waals surface area contributed by atoms with Gasteiger partial charge in [0, 0.05) is 16.3 Å². The van der Waals surface area contributed by atoms with Crippen molar-refractivity contribution in [2.45, 2.75) is 0 Å². The first-order chi connectivity index (χ1) is 14.6. The van der Waals surface area contributed by atoms with Gasteiger partial charge in [0.2, 0.25) is 0 Å². The minimum absolute atomic E-state index is 0.125. The normalized spacial score (nSPS) is 11.1. The zero-order valence-corrected chi connectivity index (χ0v) is 17.9. The van der Waals surface area contributed by atoms with E-state index in [1.165, 1.54) is 0 Å². The van der Waals surface area contributed by atoms with Crippen molar-refractivity contribution >= 4 is 51.7 Å². The van der Waals surface area contributed by atoms with Gasteiger partial charge in [0.1, 0.15) is 0 Å². The van der Waals surface area contributed by atoms with Gasteiger partial charge in [0.05, 0.1) is 0 Å². The van der Waals surface area contributed by atoms with Crippen molar-refractivity contribution in [2.75, 3.05) is 5.73 Å². The Morgan fingerprint density at radius 1 is 0.700 bits per heavy atom. The Labute approximate surface area is 181 Å². The topological polar surface area (TPSA) is 43.1 Å². The van der Waals surface area contributed by atoms with E-state index in [0.29, 0.717) is 16.3 Å². The summed E-state index contributed by atoms with van der Waals surface area (Å²) in [6.07, 6.45) is 0. The van der Waals surface area contributed by atoms with Crippen molar-refractivity contribution < 1.29 is 4.79 Å². The maximum absolute atomic E-state index is 13.6. The summed E-state index contributed by atoms with van der Waals surface area (Å²) >= 11 is 6.17. The zero-order valence-electron chi connectivity index (χ0n) is 16.3. The predicted molar refractivity (Wildman–Crippen MR) is 131 cm³/mol. The molecule has 0 saturated heterocycles. The lowest BCUT2D eigenvalue weighted by atomic mass is 10.1. The van der Waals surface area contributed by atoms with Crippen molar-refractivity contribution in [1.29, 1.82) is 0 Å². The van der Waals surface area contributed by atoms with Crippen molar-refractivity contribution in [3.8, 4) is 0 Å². The van der Waals surface area contributed by atoms with Crippen molar-refractivity contribution in [2.24, 2.45) is 0 Å². The molecule has 4 rings (SSSR count). The Kier molecular flexibility index (Phi) is 5.90. The van der Waals surface area contributed by atoms with E-state index in [2.05, 4.69) is 36.4 Å². The molecule has 4 aromatic rings. The third-order valence-corrected chi connectivity index (χ3v) is 9.28. The number of rotatable bonds is 5. The summed E-state index contributed by atoms with van der Waals surface area (Å²) < 4.78 is 0. The molecular formula is C26H21ClNOP. The fourth-order valence-electron chi connectivity index (χ4n) is 3.65. The second kappa shape index (κ2) is 8.75. The molecule has 0 heterocycles. The highest BCUT2D eigenvalue weighted by Crippen LogP contribution is 2.44. The monoisotopic (exact) mass is 429 g/mol. The van der Waals surface area contributed by atoms with Crippen LogP contribution < -0.4 is 21.6 Å². The van der Waals surface area contributed by atoms with Crippen LogP contribution in [0.25, 0.3) is 0 Å². The molecule has 0 spiro atoms. The Morgan fingerprint density at radius 3 is 1.57 bits per heavy atom. The van der Waals surface area contributed by atoms with Gasteiger partial charge in [0.25, 0.3) is 0 Å². The van der Waals surface area contributed by atoms with Crippen LogP contribution in [0.4, 0.5) is 5.69 Å². The second-order valence-corrected chi connectivity index (χ2v) is 10.6. The molecule has 0 atom stereocenters. The summed E-state index contributed by atoms with van der Waals surface area (Å²) in [5.74, 6) is 1.74. The van der Waals surface area contributed by atoms with Gasteiger partial charge >= 0.3 is 0 Å². The van der Waals surface area contributed by atoms with Crippen molar-refractivity contribution in [1.82, 2.24) is 0 Å². The predicted octanol–water partition coefficient (Wildman–Crippen LogP) is 4.90. The second-order valence-electron chi connectivity index (χ2n) is 6.95. The molecule has 2 N–H and O–H groups in total. The molecule has 2 nitrogen and oxygen atoms in total. The van der Waals surface area contributed by atoms with Crippen LogP contribution in [-0.4, -0.2) is 11.6 Å². The molecule has 0 saturated carbocycles. The first-order valence-electron chi connectivity index (χ1n) is 9.62. The lowest BCUT2D eigenvalue weighted by Crippen LogP contribution is -2.28. The largest absolute Gasteiger partial charge is 0.398 e. The van der Waals surface area contributed by atoms with E-state index in [0.717, 1.165) is 15.9 Å². The summed E-state index contributed by atoms with van der Waals surface area (Å²) in [6, 6.07) is 35.7. The summed E-state index contributed by atoms with van der Waals surface area (Å²) in [4.78, 5) is 13.6. The fourth-order valence-corrected chi connectivity index (χ4v) is 7.58. The average Bonchev–Trinajstić information content (AvgIpc) is 2.80. The third-order valence-electron chi connectivity index (χ3n) is 5.08. The Hall–Kier alpha value is -3.06. The van der Waals surface area contributed by atoms with Crippen LogP contribution in [0.3, 0.4) is 0 Å². The number of nitrogen functional groups attached to an aromatic ring is 1. The van der Waals surface area contributed by atoms with Crippen LogP contribution in [0.15, 0.2) is 109 Å². The Morgan fingerprint density at radius 2 is 1.13 bits per heavy atom. The Bertz CT molecular complexity index is 1120. The number of hydrogen-bond acceptors (Lipinski definition) is 2. The molecule has 4 aromatic carbocycles. The number of halogens is 1. The quantitative estimate of drug-likeness (QED) is 0.278. The highest BCUT2D eigenvalue weighted by molar-refractivity contribution is 7.95. The lowest BCUT2D eigenvalue weighted by molar-refractivity contribution is 0.107. The molecule has 0 aliphatic rings. The highest BCUT2D eigenvalue weighted by Gasteiger charge is 2.27. The number of hydrogen-bond donors (Lipinski definition) is 1. The van der Waals surface area contributed by atoms with E-state index in [1.54, 1.807) is 18.2 Å². The van der Waals surface area contributed by atoms with Gasteiger partial charge in [-0.15, -0.1) is 0 Å². The summed E-state index contributed by atoms with van der Waals surface area (Å²) in [5, 5.41) is 3.81. The lowest BCUT2D eigenvalue weighted by Gasteiger charge is -2.28. The average molecular weight is 430 g/mol. The van der Waals surface area contributed by atoms with Gasteiger partial charge in [-0.2, -0.15) is 0 Å². The van der Waals surface area contributed by atoms with E-state index in [1.807, 2.05) is 60.4 Å². The molecule has 0 radical (unpaired) electrons. The molecule has 0 aliphatic heterocycles. The molecule has 30 heavy (non-hydrogen) atoms. The van der Waals surface area contributed by atoms with E-state index in [-0.39, 0.29) is 5.78 Å². The molecule has 0 fully saturated rings. The van der Waals surface area contributed by atoms with Crippen LogP contribution in [0.2, 0.25) is 5.02 Å². The number of ketones is 1. The highest BCUT2D eigenvalue weighted by atomic mass is 35.5. The number of nitrogens with two attached hydrogens (primary N) is 1. The van der Waals surface area contributed by atoms with Gasteiger partial charge in [-0.05, 0) is 46.8 Å². The summed E-state index contributed by atoms with van der Waals surface area (Å²) in [7, 11) is 0. The minimum atomic E-state index is -2.38. The van der Waals surface area contributed by atoms with E-state index in [9.17, 15) is 4.79 Å². The molecule has 4 heteroatoms. The summed E-state index contributed by atoms with van der Waals surface area (Å²) in [5.41, 5.74) is 6.99. The van der Waals surface area contributed by atoms with Crippen molar-refractivity contribution in [3.05, 3.63) is 120 Å². The summed E-state index contributed by atoms with van der Waals surface area (Å²) in [6.45, 7) is -2.38. The number of Topliss-reactive ketones (excluding diaryl/α,β-unsaturated/α-hetero) is 1. The maximum atomic E-state index is 13.6.